The number of hydrogen-bond donors (Lipinski definition) is 1. The lowest BCUT2D eigenvalue weighted by Gasteiger charge is -2.02. The number of amides is 1. The fourth-order valence-corrected chi connectivity index (χ4v) is 2.52. The monoisotopic (exact) mass is 345 g/mol. The molecule has 2 rings (SSSR count). The molecule has 18 heavy (non-hydrogen) atoms. The number of halogens is 2. The fourth-order valence-electron chi connectivity index (χ4n) is 1.27. The van der Waals surface area contributed by atoms with Gasteiger partial charge in [0.1, 0.15) is 10.8 Å². The third-order valence-electron chi connectivity index (χ3n) is 2.04. The first-order valence-electron chi connectivity index (χ1n) is 5.08. The molecule has 0 aliphatic carbocycles. The first-order valence-corrected chi connectivity index (χ1v) is 7.29. The Balaban J connectivity index is 1.94. The number of nitrogens with one attached hydrogen (secondary N) is 1. The molecule has 1 amide bonds. The smallest absolute Gasteiger partial charge is 0.232 e. The first kappa shape index (κ1) is 13.5. The van der Waals surface area contributed by atoms with Crippen LogP contribution in [0.1, 0.15) is 10.7 Å². The van der Waals surface area contributed by atoms with Gasteiger partial charge in [-0.3, -0.25) is 4.79 Å². The maximum atomic E-state index is 11.7. The van der Waals surface area contributed by atoms with Crippen molar-refractivity contribution in [3.05, 3.63) is 38.9 Å². The van der Waals surface area contributed by atoms with Crippen LogP contribution < -0.4 is 5.32 Å². The largest absolute Gasteiger partial charge is 0.310 e. The predicted octanol–water partition coefficient (Wildman–Crippen LogP) is 3.22. The molecule has 1 N–H and O–H groups in total. The molecule has 7 heteroatoms. The zero-order valence-electron chi connectivity index (χ0n) is 9.19. The number of carbonyl (C=O) groups is 1. The number of aromatic nitrogens is 2. The van der Waals surface area contributed by atoms with E-state index in [0.29, 0.717) is 11.7 Å². The summed E-state index contributed by atoms with van der Waals surface area (Å²) < 4.78 is 0.868. The summed E-state index contributed by atoms with van der Waals surface area (Å²) in [6.45, 7) is 0. The second-order valence-electron chi connectivity index (χ2n) is 3.45. The molecule has 0 radical (unpaired) electrons. The van der Waals surface area contributed by atoms with E-state index in [0.717, 1.165) is 15.2 Å². The number of alkyl halides is 1. The van der Waals surface area contributed by atoms with Gasteiger partial charge in [-0.25, -0.2) is 9.97 Å². The van der Waals surface area contributed by atoms with Gasteiger partial charge in [0.05, 0.1) is 18.0 Å². The molecule has 0 bridgehead atoms. The number of pyridine rings is 1. The van der Waals surface area contributed by atoms with Gasteiger partial charge in [0.25, 0.3) is 0 Å². The molecule has 94 valence electrons. The van der Waals surface area contributed by atoms with E-state index in [1.165, 1.54) is 11.3 Å². The lowest BCUT2D eigenvalue weighted by Crippen LogP contribution is -2.15. The van der Waals surface area contributed by atoms with E-state index in [9.17, 15) is 4.79 Å². The van der Waals surface area contributed by atoms with Gasteiger partial charge >= 0.3 is 0 Å². The molecule has 2 heterocycles. The average Bonchev–Trinajstić information content (AvgIpc) is 2.79. The molecule has 0 fully saturated rings. The van der Waals surface area contributed by atoms with Gasteiger partial charge in [-0.15, -0.1) is 22.9 Å². The molecule has 0 aliphatic heterocycles. The summed E-state index contributed by atoms with van der Waals surface area (Å²) in [5.74, 6) is 0.754. The van der Waals surface area contributed by atoms with Crippen molar-refractivity contribution in [2.45, 2.75) is 12.3 Å². The van der Waals surface area contributed by atoms with Crippen molar-refractivity contribution in [1.82, 2.24) is 9.97 Å². The highest BCUT2D eigenvalue weighted by molar-refractivity contribution is 9.10. The lowest BCUT2D eigenvalue weighted by atomic mass is 10.4. The third-order valence-corrected chi connectivity index (χ3v) is 3.68. The summed E-state index contributed by atoms with van der Waals surface area (Å²) in [5.41, 5.74) is 0.797. The molecule has 0 aromatic carbocycles. The number of anilines is 1. The highest BCUT2D eigenvalue weighted by Crippen LogP contribution is 2.14. The van der Waals surface area contributed by atoms with Gasteiger partial charge in [-0.2, -0.15) is 0 Å². The zero-order valence-corrected chi connectivity index (χ0v) is 12.3. The Morgan fingerprint density at radius 1 is 1.50 bits per heavy atom. The average molecular weight is 347 g/mol. The Kier molecular flexibility index (Phi) is 4.68. The minimum atomic E-state index is -0.139. The molecule has 0 unspecified atom stereocenters. The Morgan fingerprint density at radius 3 is 2.94 bits per heavy atom. The minimum absolute atomic E-state index is 0.139. The minimum Gasteiger partial charge on any atom is -0.310 e. The maximum Gasteiger partial charge on any atom is 0.232 e. The molecule has 2 aromatic heterocycles. The zero-order chi connectivity index (χ0) is 13.0. The van der Waals surface area contributed by atoms with Crippen molar-refractivity contribution in [1.29, 1.82) is 0 Å². The van der Waals surface area contributed by atoms with Gasteiger partial charge < -0.3 is 5.32 Å². The summed E-state index contributed by atoms with van der Waals surface area (Å²) in [4.78, 5) is 20.0. The van der Waals surface area contributed by atoms with E-state index >= 15 is 0 Å². The van der Waals surface area contributed by atoms with Crippen LogP contribution in [0.4, 0.5) is 5.82 Å². The summed E-state index contributed by atoms with van der Waals surface area (Å²) in [6.07, 6.45) is 1.86. The molecule has 0 saturated carbocycles. The molecule has 4 nitrogen and oxygen atoms in total. The quantitative estimate of drug-likeness (QED) is 0.865. The number of carbonyl (C=O) groups excluding carboxylic acids is 1. The number of nitrogens with zero attached hydrogens (tertiary/aromatic N) is 2. The van der Waals surface area contributed by atoms with Crippen molar-refractivity contribution in [2.24, 2.45) is 0 Å². The van der Waals surface area contributed by atoms with Crippen LogP contribution in [0.3, 0.4) is 0 Å². The first-order chi connectivity index (χ1) is 8.67. The SMILES string of the molecule is O=C(Cc1nc(CCl)cs1)Nc1ccc(Br)cn1. The van der Waals surface area contributed by atoms with Crippen LogP contribution >= 0.6 is 38.9 Å². The topological polar surface area (TPSA) is 54.9 Å². The van der Waals surface area contributed by atoms with Crippen molar-refractivity contribution in [3.63, 3.8) is 0 Å². The van der Waals surface area contributed by atoms with Gasteiger partial charge in [-0.05, 0) is 28.1 Å². The van der Waals surface area contributed by atoms with E-state index in [1.54, 1.807) is 12.3 Å². The van der Waals surface area contributed by atoms with E-state index in [-0.39, 0.29) is 12.3 Å². The molecule has 0 saturated heterocycles. The van der Waals surface area contributed by atoms with Crippen molar-refractivity contribution in [3.8, 4) is 0 Å². The Morgan fingerprint density at radius 2 is 2.33 bits per heavy atom. The van der Waals surface area contributed by atoms with Crippen molar-refractivity contribution >= 4 is 50.6 Å². The van der Waals surface area contributed by atoms with Crippen LogP contribution in [0.25, 0.3) is 0 Å². The third kappa shape index (κ3) is 3.76. The highest BCUT2D eigenvalue weighted by atomic mass is 79.9. The van der Waals surface area contributed by atoms with E-state index in [2.05, 4.69) is 31.2 Å². The van der Waals surface area contributed by atoms with Gasteiger partial charge in [0.15, 0.2) is 0 Å². The molecule has 0 atom stereocenters. The predicted molar refractivity (Wildman–Crippen MR) is 75.9 cm³/mol. The molecule has 0 aliphatic rings. The van der Waals surface area contributed by atoms with Crippen LogP contribution in [0.15, 0.2) is 28.2 Å². The van der Waals surface area contributed by atoms with E-state index < -0.39 is 0 Å². The number of rotatable bonds is 4. The van der Waals surface area contributed by atoms with Gasteiger partial charge in [0.2, 0.25) is 5.91 Å². The van der Waals surface area contributed by atoms with Gasteiger partial charge in [0, 0.05) is 16.0 Å². The molecular formula is C11H9BrClN3OS. The number of thiazole rings is 1. The molecular weight excluding hydrogens is 338 g/mol. The standard InChI is InChI=1S/C11H9BrClN3OS/c12-7-1-2-9(14-5-7)16-10(17)3-11-15-8(4-13)6-18-11/h1-2,5-6H,3-4H2,(H,14,16,17). The fraction of sp³-hybridized carbons (Fsp3) is 0.182. The van der Waals surface area contributed by atoms with Gasteiger partial charge in [-0.1, -0.05) is 0 Å². The van der Waals surface area contributed by atoms with Crippen LogP contribution in [0.5, 0.6) is 0 Å². The van der Waals surface area contributed by atoms with Crippen LogP contribution in [0, 0.1) is 0 Å². The maximum absolute atomic E-state index is 11.7. The normalized spacial score (nSPS) is 10.3. The Hall–Kier alpha value is -0.980. The Labute approximate surface area is 122 Å². The van der Waals surface area contributed by atoms with E-state index in [4.69, 9.17) is 11.6 Å². The van der Waals surface area contributed by atoms with Crippen LogP contribution in [-0.4, -0.2) is 15.9 Å². The second-order valence-corrected chi connectivity index (χ2v) is 5.58. The molecule has 0 spiro atoms. The van der Waals surface area contributed by atoms with Crippen molar-refractivity contribution in [2.75, 3.05) is 5.32 Å². The van der Waals surface area contributed by atoms with Crippen molar-refractivity contribution < 1.29 is 4.79 Å². The lowest BCUT2D eigenvalue weighted by molar-refractivity contribution is -0.115. The summed E-state index contributed by atoms with van der Waals surface area (Å²) in [7, 11) is 0. The number of hydrogen-bond acceptors (Lipinski definition) is 4. The molecule has 2 aromatic rings. The summed E-state index contributed by atoms with van der Waals surface area (Å²) in [6, 6.07) is 3.55. The van der Waals surface area contributed by atoms with E-state index in [1.807, 2.05) is 11.4 Å². The highest BCUT2D eigenvalue weighted by Gasteiger charge is 2.08. The summed E-state index contributed by atoms with van der Waals surface area (Å²) >= 11 is 10.4. The summed E-state index contributed by atoms with van der Waals surface area (Å²) in [5, 5.41) is 5.31. The van der Waals surface area contributed by atoms with Crippen LogP contribution in [-0.2, 0) is 17.1 Å². The Bertz CT molecular complexity index is 543. The second kappa shape index (κ2) is 6.26. The van der Waals surface area contributed by atoms with Crippen LogP contribution in [0.2, 0.25) is 0 Å².